The molecule has 2 N–H and O–H groups in total. The average Bonchev–Trinajstić information content (AvgIpc) is 3.53. The normalized spacial score (nSPS) is 15.6. The van der Waals surface area contributed by atoms with Gasteiger partial charge in [-0.2, -0.15) is 5.10 Å². The standard InChI is InChI=1S/C23H21N7O2S/c1-4-19(31)29-8-7-14(11-29)30-23-20(22(24)25-12-26-23)15(28-30)5-6-18-27-16-9-13(2)10-17(32-3)21(16)33-18/h4,9-10,12,14H,1,7-8,11H2,2-3H3,(H2,24,25,26)/t14-/m0/s1. The number of anilines is 1. The lowest BCUT2D eigenvalue weighted by molar-refractivity contribution is -0.125. The Bertz CT molecular complexity index is 1480. The minimum absolute atomic E-state index is 0.0315. The lowest BCUT2D eigenvalue weighted by atomic mass is 10.2. The quantitative estimate of drug-likeness (QED) is 0.370. The van der Waals surface area contributed by atoms with Crippen molar-refractivity contribution in [2.45, 2.75) is 19.4 Å². The minimum Gasteiger partial charge on any atom is -0.495 e. The van der Waals surface area contributed by atoms with Crippen molar-refractivity contribution in [2.24, 2.45) is 0 Å². The number of aryl methyl sites for hydroxylation is 1. The molecule has 1 aliphatic rings. The maximum Gasteiger partial charge on any atom is 0.246 e. The number of methoxy groups -OCH3 is 1. The summed E-state index contributed by atoms with van der Waals surface area (Å²) in [7, 11) is 1.65. The molecule has 1 aliphatic heterocycles. The zero-order valence-electron chi connectivity index (χ0n) is 18.2. The fraction of sp³-hybridized carbons (Fsp3) is 0.261. The van der Waals surface area contributed by atoms with E-state index in [1.807, 2.05) is 19.1 Å². The molecule has 4 heterocycles. The van der Waals surface area contributed by atoms with Crippen molar-refractivity contribution in [1.29, 1.82) is 0 Å². The average molecular weight is 460 g/mol. The zero-order chi connectivity index (χ0) is 23.1. The second kappa shape index (κ2) is 8.18. The summed E-state index contributed by atoms with van der Waals surface area (Å²) in [6.07, 6.45) is 3.50. The third-order valence-corrected chi connectivity index (χ3v) is 6.62. The number of nitrogens with two attached hydrogens (primary N) is 1. The van der Waals surface area contributed by atoms with Crippen LogP contribution in [0.4, 0.5) is 5.82 Å². The van der Waals surface area contributed by atoms with Crippen LogP contribution < -0.4 is 10.5 Å². The van der Waals surface area contributed by atoms with Crippen LogP contribution in [0.3, 0.4) is 0 Å². The van der Waals surface area contributed by atoms with E-state index in [2.05, 4.69) is 33.4 Å². The number of nitrogen functional groups attached to an aromatic ring is 1. The van der Waals surface area contributed by atoms with Crippen LogP contribution in [0.1, 0.15) is 28.7 Å². The molecule has 33 heavy (non-hydrogen) atoms. The van der Waals surface area contributed by atoms with Crippen molar-refractivity contribution < 1.29 is 9.53 Å². The van der Waals surface area contributed by atoms with Crippen molar-refractivity contribution in [3.63, 3.8) is 0 Å². The van der Waals surface area contributed by atoms with Crippen LogP contribution in [0.2, 0.25) is 0 Å². The van der Waals surface area contributed by atoms with Gasteiger partial charge in [-0.1, -0.05) is 6.58 Å². The van der Waals surface area contributed by atoms with E-state index in [0.717, 1.165) is 28.0 Å². The van der Waals surface area contributed by atoms with E-state index in [0.29, 0.717) is 40.6 Å². The first-order valence-corrected chi connectivity index (χ1v) is 11.2. The summed E-state index contributed by atoms with van der Waals surface area (Å²) >= 11 is 1.46. The van der Waals surface area contributed by atoms with Crippen LogP contribution in [0.5, 0.6) is 5.75 Å². The lowest BCUT2D eigenvalue weighted by Crippen LogP contribution is -2.27. The smallest absolute Gasteiger partial charge is 0.246 e. The summed E-state index contributed by atoms with van der Waals surface area (Å²) in [6, 6.07) is 3.95. The van der Waals surface area contributed by atoms with Gasteiger partial charge in [0.15, 0.2) is 10.7 Å². The van der Waals surface area contributed by atoms with Crippen molar-refractivity contribution in [3.05, 3.63) is 47.4 Å². The molecular weight excluding hydrogens is 438 g/mol. The molecule has 0 bridgehead atoms. The molecule has 1 aromatic carbocycles. The molecule has 9 nitrogen and oxygen atoms in total. The van der Waals surface area contributed by atoms with Crippen molar-refractivity contribution in [3.8, 4) is 17.6 Å². The number of carbonyl (C=O) groups is 1. The van der Waals surface area contributed by atoms with Crippen LogP contribution in [-0.4, -0.2) is 55.7 Å². The van der Waals surface area contributed by atoms with E-state index >= 15 is 0 Å². The largest absolute Gasteiger partial charge is 0.495 e. The highest BCUT2D eigenvalue weighted by Gasteiger charge is 2.29. The lowest BCUT2D eigenvalue weighted by Gasteiger charge is -2.14. The molecule has 0 spiro atoms. The second-order valence-corrected chi connectivity index (χ2v) is 8.77. The molecular formula is C23H21N7O2S. The Morgan fingerprint density at radius 1 is 1.36 bits per heavy atom. The highest BCUT2D eigenvalue weighted by molar-refractivity contribution is 7.19. The number of hydrogen-bond acceptors (Lipinski definition) is 8. The molecule has 1 fully saturated rings. The molecule has 1 atom stereocenters. The maximum absolute atomic E-state index is 12.0. The second-order valence-electron chi connectivity index (χ2n) is 7.77. The van der Waals surface area contributed by atoms with Crippen molar-refractivity contribution in [1.82, 2.24) is 29.6 Å². The van der Waals surface area contributed by atoms with Crippen LogP contribution in [0.15, 0.2) is 31.1 Å². The number of amides is 1. The van der Waals surface area contributed by atoms with E-state index < -0.39 is 0 Å². The van der Waals surface area contributed by atoms with Crippen LogP contribution in [0, 0.1) is 18.8 Å². The van der Waals surface area contributed by atoms with Gasteiger partial charge in [-0.25, -0.2) is 19.6 Å². The van der Waals surface area contributed by atoms with Gasteiger partial charge in [0.05, 0.1) is 28.8 Å². The Hall–Kier alpha value is -3.97. The number of aromatic nitrogens is 5. The molecule has 10 heteroatoms. The molecule has 0 radical (unpaired) electrons. The molecule has 0 aliphatic carbocycles. The summed E-state index contributed by atoms with van der Waals surface area (Å²) in [5.41, 5.74) is 9.17. The predicted molar refractivity (Wildman–Crippen MR) is 127 cm³/mol. The molecule has 3 aromatic heterocycles. The fourth-order valence-corrected chi connectivity index (χ4v) is 4.95. The van der Waals surface area contributed by atoms with Gasteiger partial charge in [0.2, 0.25) is 5.91 Å². The van der Waals surface area contributed by atoms with Gasteiger partial charge in [0.25, 0.3) is 0 Å². The highest BCUT2D eigenvalue weighted by Crippen LogP contribution is 2.32. The maximum atomic E-state index is 12.0. The van der Waals surface area contributed by atoms with Gasteiger partial charge in [-0.15, -0.1) is 11.3 Å². The number of benzene rings is 1. The topological polar surface area (TPSA) is 112 Å². The zero-order valence-corrected chi connectivity index (χ0v) is 19.0. The molecule has 4 aromatic rings. The van der Waals surface area contributed by atoms with E-state index in [1.165, 1.54) is 23.7 Å². The Kier molecular flexibility index (Phi) is 5.18. The van der Waals surface area contributed by atoms with E-state index in [4.69, 9.17) is 15.6 Å². The first-order valence-electron chi connectivity index (χ1n) is 10.4. The predicted octanol–water partition coefficient (Wildman–Crippen LogP) is 2.69. The number of fused-ring (bicyclic) bond motifs is 2. The Labute approximate surface area is 193 Å². The molecule has 166 valence electrons. The number of thiazole rings is 1. The number of carbonyl (C=O) groups excluding carboxylic acids is 1. The summed E-state index contributed by atoms with van der Waals surface area (Å²) in [6.45, 7) is 6.73. The Morgan fingerprint density at radius 3 is 3.00 bits per heavy atom. The van der Waals surface area contributed by atoms with Gasteiger partial charge >= 0.3 is 0 Å². The van der Waals surface area contributed by atoms with Gasteiger partial charge in [0.1, 0.15) is 23.6 Å². The monoisotopic (exact) mass is 459 g/mol. The van der Waals surface area contributed by atoms with Gasteiger partial charge in [-0.3, -0.25) is 4.79 Å². The summed E-state index contributed by atoms with van der Waals surface area (Å²) < 4.78 is 8.24. The number of nitrogens with zero attached hydrogens (tertiary/aromatic N) is 6. The van der Waals surface area contributed by atoms with Gasteiger partial charge in [0, 0.05) is 13.1 Å². The summed E-state index contributed by atoms with van der Waals surface area (Å²) in [4.78, 5) is 26.9. The van der Waals surface area contributed by atoms with Gasteiger partial charge < -0.3 is 15.4 Å². The SMILES string of the molecule is C=CC(=O)N1CC[C@H](n2nc(C#Cc3nc4cc(C)cc(OC)c4s3)c3c(N)ncnc32)C1. The Morgan fingerprint density at radius 2 is 2.21 bits per heavy atom. The van der Waals surface area contributed by atoms with Crippen LogP contribution >= 0.6 is 11.3 Å². The number of rotatable bonds is 3. The third kappa shape index (κ3) is 3.66. The highest BCUT2D eigenvalue weighted by atomic mass is 32.1. The van der Waals surface area contributed by atoms with E-state index in [-0.39, 0.29) is 11.9 Å². The molecule has 0 saturated carbocycles. The van der Waals surface area contributed by atoms with Crippen LogP contribution in [-0.2, 0) is 4.79 Å². The minimum atomic E-state index is -0.0929. The number of ether oxygens (including phenoxy) is 1. The van der Waals surface area contributed by atoms with E-state index in [9.17, 15) is 4.79 Å². The van der Waals surface area contributed by atoms with Crippen molar-refractivity contribution in [2.75, 3.05) is 25.9 Å². The molecule has 1 amide bonds. The van der Waals surface area contributed by atoms with Crippen LogP contribution in [0.25, 0.3) is 21.3 Å². The first-order chi connectivity index (χ1) is 16.0. The first kappa shape index (κ1) is 20.9. The summed E-state index contributed by atoms with van der Waals surface area (Å²) in [5.74, 6) is 7.23. The van der Waals surface area contributed by atoms with Gasteiger partial charge in [-0.05, 0) is 49.0 Å². The third-order valence-electron chi connectivity index (χ3n) is 5.62. The molecule has 0 unspecified atom stereocenters. The Balaban J connectivity index is 1.55. The molecule has 5 rings (SSSR count). The van der Waals surface area contributed by atoms with E-state index in [1.54, 1.807) is 16.7 Å². The number of hydrogen-bond donors (Lipinski definition) is 1. The fourth-order valence-electron chi connectivity index (χ4n) is 4.06. The number of likely N-dealkylation sites (tertiary alicyclic amines) is 1. The van der Waals surface area contributed by atoms with Crippen molar-refractivity contribution >= 4 is 44.3 Å². The summed E-state index contributed by atoms with van der Waals surface area (Å²) in [5, 5.41) is 5.97. The molecule has 1 saturated heterocycles.